The van der Waals surface area contributed by atoms with Gasteiger partial charge in [0.25, 0.3) is 5.91 Å². The van der Waals surface area contributed by atoms with Gasteiger partial charge in [-0.2, -0.15) is 0 Å². The standard InChI is InChI=1S/C21H24ClN3O2/c1-13(2)24-11-10-17-20(24)19(14-4-6-15(22)7-5-14)25(21(17)27)16-8-9-18(26)23(3)12-16/h4-7,10-11,13,16,19H,8-9,12H2,1-3H3. The third kappa shape index (κ3) is 2.94. The van der Waals surface area contributed by atoms with Crippen molar-refractivity contribution in [3.05, 3.63) is 58.4 Å². The van der Waals surface area contributed by atoms with Crippen LogP contribution in [0.5, 0.6) is 0 Å². The van der Waals surface area contributed by atoms with Crippen molar-refractivity contribution in [2.75, 3.05) is 13.6 Å². The average Bonchev–Trinajstić information content (AvgIpc) is 3.18. The van der Waals surface area contributed by atoms with E-state index in [0.29, 0.717) is 24.4 Å². The molecule has 1 saturated heterocycles. The van der Waals surface area contributed by atoms with E-state index in [9.17, 15) is 9.59 Å². The largest absolute Gasteiger partial charge is 0.346 e. The fourth-order valence-corrected chi connectivity index (χ4v) is 4.45. The lowest BCUT2D eigenvalue weighted by Gasteiger charge is -2.39. The molecule has 2 aliphatic rings. The van der Waals surface area contributed by atoms with Crippen molar-refractivity contribution in [1.29, 1.82) is 0 Å². The van der Waals surface area contributed by atoms with E-state index in [4.69, 9.17) is 11.6 Å². The maximum Gasteiger partial charge on any atom is 0.256 e. The number of hydrogen-bond acceptors (Lipinski definition) is 2. The Morgan fingerprint density at radius 1 is 1.11 bits per heavy atom. The van der Waals surface area contributed by atoms with Gasteiger partial charge in [-0.05, 0) is 44.0 Å². The number of benzene rings is 1. The number of hydrogen-bond donors (Lipinski definition) is 0. The number of halogens is 1. The minimum absolute atomic E-state index is 0.00823. The Labute approximate surface area is 164 Å². The SMILES string of the molecule is CC(C)n1ccc2c1C(c1ccc(Cl)cc1)N(C1CCC(=O)N(C)C1)C2=O. The predicted molar refractivity (Wildman–Crippen MR) is 105 cm³/mol. The number of nitrogens with zero attached hydrogens (tertiary/aromatic N) is 3. The summed E-state index contributed by atoms with van der Waals surface area (Å²) >= 11 is 6.10. The molecule has 0 bridgehead atoms. The molecular formula is C21H24ClN3O2. The molecule has 27 heavy (non-hydrogen) atoms. The normalized spacial score (nSPS) is 22.7. The molecule has 4 rings (SSSR count). The number of fused-ring (bicyclic) bond motifs is 1. The van der Waals surface area contributed by atoms with Crippen molar-refractivity contribution in [2.45, 2.75) is 44.8 Å². The first kappa shape index (κ1) is 18.1. The Balaban J connectivity index is 1.81. The fraction of sp³-hybridized carbons (Fsp3) is 0.429. The van der Waals surface area contributed by atoms with Crippen molar-refractivity contribution < 1.29 is 9.59 Å². The van der Waals surface area contributed by atoms with Crippen molar-refractivity contribution in [3.8, 4) is 0 Å². The summed E-state index contributed by atoms with van der Waals surface area (Å²) in [6, 6.07) is 9.77. The van der Waals surface area contributed by atoms with E-state index < -0.39 is 0 Å². The lowest BCUT2D eigenvalue weighted by molar-refractivity contribution is -0.133. The maximum atomic E-state index is 13.4. The van der Waals surface area contributed by atoms with Gasteiger partial charge in [0.2, 0.25) is 5.91 Å². The first-order valence-corrected chi connectivity index (χ1v) is 9.79. The van der Waals surface area contributed by atoms with E-state index in [2.05, 4.69) is 18.4 Å². The molecule has 0 spiro atoms. The van der Waals surface area contributed by atoms with Crippen LogP contribution in [0.1, 0.15) is 60.4 Å². The number of aromatic nitrogens is 1. The summed E-state index contributed by atoms with van der Waals surface area (Å²) in [6.07, 6.45) is 3.18. The molecule has 2 unspecified atom stereocenters. The van der Waals surface area contributed by atoms with Crippen molar-refractivity contribution in [2.24, 2.45) is 0 Å². The van der Waals surface area contributed by atoms with Crippen LogP contribution in [0.2, 0.25) is 5.02 Å². The number of piperidine rings is 1. The average molecular weight is 386 g/mol. The Hall–Kier alpha value is -2.27. The maximum absolute atomic E-state index is 13.4. The first-order chi connectivity index (χ1) is 12.9. The number of likely N-dealkylation sites (tertiary alicyclic amines) is 1. The molecule has 1 fully saturated rings. The highest BCUT2D eigenvalue weighted by atomic mass is 35.5. The third-order valence-electron chi connectivity index (χ3n) is 5.70. The molecule has 142 valence electrons. The van der Waals surface area contributed by atoms with Gasteiger partial charge in [-0.15, -0.1) is 0 Å². The Kier molecular flexibility index (Phi) is 4.50. The molecule has 0 radical (unpaired) electrons. The Morgan fingerprint density at radius 2 is 1.81 bits per heavy atom. The highest BCUT2D eigenvalue weighted by Crippen LogP contribution is 2.43. The molecule has 1 aromatic heterocycles. The van der Waals surface area contributed by atoms with Gasteiger partial charge in [0.1, 0.15) is 0 Å². The van der Waals surface area contributed by atoms with Crippen LogP contribution in [-0.4, -0.2) is 45.8 Å². The van der Waals surface area contributed by atoms with Gasteiger partial charge < -0.3 is 14.4 Å². The van der Waals surface area contributed by atoms with Crippen LogP contribution in [0.4, 0.5) is 0 Å². The van der Waals surface area contributed by atoms with Crippen LogP contribution in [0.15, 0.2) is 36.5 Å². The second-order valence-electron chi connectivity index (χ2n) is 7.75. The quantitative estimate of drug-likeness (QED) is 0.804. The first-order valence-electron chi connectivity index (χ1n) is 9.41. The summed E-state index contributed by atoms with van der Waals surface area (Å²) < 4.78 is 2.18. The molecule has 0 saturated carbocycles. The van der Waals surface area contributed by atoms with Crippen LogP contribution in [0.25, 0.3) is 0 Å². The smallest absolute Gasteiger partial charge is 0.256 e. The van der Waals surface area contributed by atoms with Gasteiger partial charge in [-0.1, -0.05) is 23.7 Å². The molecule has 6 heteroatoms. The predicted octanol–water partition coefficient (Wildman–Crippen LogP) is 3.89. The highest BCUT2D eigenvalue weighted by molar-refractivity contribution is 6.30. The molecular weight excluding hydrogens is 362 g/mol. The van der Waals surface area contributed by atoms with Gasteiger partial charge in [0.05, 0.1) is 23.3 Å². The van der Waals surface area contributed by atoms with Gasteiger partial charge in [0, 0.05) is 37.3 Å². The minimum atomic E-state index is -0.159. The Bertz CT molecular complexity index is 887. The molecule has 3 heterocycles. The molecule has 1 aromatic carbocycles. The van der Waals surface area contributed by atoms with E-state index in [1.165, 1.54) is 0 Å². The summed E-state index contributed by atoms with van der Waals surface area (Å²) in [5.74, 6) is 0.197. The lowest BCUT2D eigenvalue weighted by Crippen LogP contribution is -2.50. The van der Waals surface area contributed by atoms with Crippen LogP contribution in [0.3, 0.4) is 0 Å². The van der Waals surface area contributed by atoms with Gasteiger partial charge >= 0.3 is 0 Å². The number of likely N-dealkylation sites (N-methyl/N-ethyl adjacent to an activating group) is 1. The third-order valence-corrected chi connectivity index (χ3v) is 5.95. The fourth-order valence-electron chi connectivity index (χ4n) is 4.32. The van der Waals surface area contributed by atoms with Crippen molar-refractivity contribution >= 4 is 23.4 Å². The molecule has 2 aromatic rings. The number of carbonyl (C=O) groups is 2. The van der Waals surface area contributed by atoms with Crippen LogP contribution in [-0.2, 0) is 4.79 Å². The second kappa shape index (κ2) is 6.71. The van der Waals surface area contributed by atoms with Crippen molar-refractivity contribution in [3.63, 3.8) is 0 Å². The zero-order valence-corrected chi connectivity index (χ0v) is 16.6. The minimum Gasteiger partial charge on any atom is -0.346 e. The van der Waals surface area contributed by atoms with E-state index >= 15 is 0 Å². The van der Waals surface area contributed by atoms with Gasteiger partial charge in [-0.25, -0.2) is 0 Å². The summed E-state index contributed by atoms with van der Waals surface area (Å²) in [5.41, 5.74) is 2.85. The number of amides is 2. The number of carbonyl (C=O) groups excluding carboxylic acids is 2. The highest BCUT2D eigenvalue weighted by Gasteiger charge is 2.45. The zero-order chi connectivity index (χ0) is 19.3. The topological polar surface area (TPSA) is 45.6 Å². The van der Waals surface area contributed by atoms with Gasteiger partial charge in [0.15, 0.2) is 0 Å². The molecule has 0 aliphatic carbocycles. The van der Waals surface area contributed by atoms with Crippen LogP contribution < -0.4 is 0 Å². The molecule has 2 amide bonds. The summed E-state index contributed by atoms with van der Waals surface area (Å²) in [7, 11) is 1.81. The summed E-state index contributed by atoms with van der Waals surface area (Å²) in [4.78, 5) is 29.0. The molecule has 2 atom stereocenters. The summed E-state index contributed by atoms with van der Waals surface area (Å²) in [6.45, 7) is 4.82. The van der Waals surface area contributed by atoms with E-state index in [1.807, 2.05) is 48.5 Å². The van der Waals surface area contributed by atoms with Crippen molar-refractivity contribution in [1.82, 2.24) is 14.4 Å². The van der Waals surface area contributed by atoms with Crippen LogP contribution in [0, 0.1) is 0 Å². The lowest BCUT2D eigenvalue weighted by atomic mass is 9.98. The monoisotopic (exact) mass is 385 g/mol. The van der Waals surface area contributed by atoms with E-state index in [-0.39, 0.29) is 29.9 Å². The molecule has 0 N–H and O–H groups in total. The van der Waals surface area contributed by atoms with E-state index in [0.717, 1.165) is 16.8 Å². The van der Waals surface area contributed by atoms with Gasteiger partial charge in [-0.3, -0.25) is 9.59 Å². The van der Waals surface area contributed by atoms with Crippen LogP contribution >= 0.6 is 11.6 Å². The Morgan fingerprint density at radius 3 is 2.44 bits per heavy atom. The molecule has 5 nitrogen and oxygen atoms in total. The summed E-state index contributed by atoms with van der Waals surface area (Å²) in [5, 5.41) is 0.678. The second-order valence-corrected chi connectivity index (χ2v) is 8.19. The number of rotatable bonds is 3. The molecule has 2 aliphatic heterocycles. The van der Waals surface area contributed by atoms with E-state index in [1.54, 1.807) is 4.90 Å². The zero-order valence-electron chi connectivity index (χ0n) is 15.9.